The molecule has 1 aromatic carbocycles. The Morgan fingerprint density at radius 2 is 1.94 bits per heavy atom. The molecule has 98 valence electrons. The smallest absolute Gasteiger partial charge is 0.0375 e. The molecule has 2 saturated heterocycles. The Bertz CT molecular complexity index is 379. The lowest BCUT2D eigenvalue weighted by atomic mass is 9.94. The third-order valence-corrected chi connectivity index (χ3v) is 4.34. The van der Waals surface area contributed by atoms with Crippen LogP contribution < -0.4 is 5.73 Å². The lowest BCUT2D eigenvalue weighted by Gasteiger charge is -2.46. The maximum atomic E-state index is 6.28. The van der Waals surface area contributed by atoms with Gasteiger partial charge in [-0.05, 0) is 24.9 Å². The summed E-state index contributed by atoms with van der Waals surface area (Å²) in [6, 6.07) is 11.7. The second-order valence-electron chi connectivity index (χ2n) is 5.63. The van der Waals surface area contributed by atoms with Crippen molar-refractivity contribution < 1.29 is 0 Å². The lowest BCUT2D eigenvalue weighted by molar-refractivity contribution is 0.0340. The number of nitrogens with two attached hydrogens (primary N) is 1. The molecule has 1 aromatic rings. The highest BCUT2D eigenvalue weighted by atomic mass is 15.3. The molecule has 2 heterocycles. The van der Waals surface area contributed by atoms with Crippen LogP contribution >= 0.6 is 0 Å². The lowest BCUT2D eigenvalue weighted by Crippen LogP contribution is -2.61. The summed E-state index contributed by atoms with van der Waals surface area (Å²) >= 11 is 0. The number of benzene rings is 1. The second-order valence-corrected chi connectivity index (χ2v) is 5.63. The average Bonchev–Trinajstić information content (AvgIpc) is 2.41. The summed E-state index contributed by atoms with van der Waals surface area (Å²) in [6.07, 6.45) is 2.47. The van der Waals surface area contributed by atoms with E-state index in [4.69, 9.17) is 5.73 Å². The van der Waals surface area contributed by atoms with Crippen molar-refractivity contribution in [3.63, 3.8) is 0 Å². The summed E-state index contributed by atoms with van der Waals surface area (Å²) in [4.78, 5) is 5.15. The molecule has 2 N–H and O–H groups in total. The second kappa shape index (κ2) is 5.39. The van der Waals surface area contributed by atoms with Crippen molar-refractivity contribution in [2.75, 3.05) is 26.2 Å². The van der Waals surface area contributed by atoms with Gasteiger partial charge in [0.05, 0.1) is 0 Å². The van der Waals surface area contributed by atoms with Crippen molar-refractivity contribution in [2.24, 2.45) is 5.73 Å². The molecule has 0 bridgehead atoms. The molecule has 3 heteroatoms. The summed E-state index contributed by atoms with van der Waals surface area (Å²) in [7, 11) is 0. The molecule has 2 atom stereocenters. The van der Waals surface area contributed by atoms with Gasteiger partial charge < -0.3 is 5.73 Å². The standard InChI is InChI=1S/C15H23N3/c16-14-7-4-8-18-10-9-17(12-15(14)18)11-13-5-2-1-3-6-13/h1-3,5-6,14-15H,4,7-12,16H2. The van der Waals surface area contributed by atoms with Crippen LogP contribution in [-0.4, -0.2) is 48.1 Å². The minimum atomic E-state index is 0.373. The first-order valence-corrected chi connectivity index (χ1v) is 7.09. The van der Waals surface area contributed by atoms with Gasteiger partial charge in [-0.15, -0.1) is 0 Å². The molecule has 0 saturated carbocycles. The topological polar surface area (TPSA) is 32.5 Å². The van der Waals surface area contributed by atoms with E-state index in [2.05, 4.69) is 40.1 Å². The summed E-state index contributed by atoms with van der Waals surface area (Å²) in [5.41, 5.74) is 7.69. The molecule has 0 radical (unpaired) electrons. The normalized spacial score (nSPS) is 30.1. The van der Waals surface area contributed by atoms with Crippen molar-refractivity contribution >= 4 is 0 Å². The largest absolute Gasteiger partial charge is 0.326 e. The van der Waals surface area contributed by atoms with E-state index in [0.717, 1.165) is 13.1 Å². The van der Waals surface area contributed by atoms with Crippen molar-refractivity contribution in [2.45, 2.75) is 31.5 Å². The molecule has 0 amide bonds. The van der Waals surface area contributed by atoms with Crippen LogP contribution in [0.3, 0.4) is 0 Å². The molecule has 2 aliphatic rings. The van der Waals surface area contributed by atoms with Crippen LogP contribution in [-0.2, 0) is 6.54 Å². The van der Waals surface area contributed by atoms with Gasteiger partial charge in [-0.2, -0.15) is 0 Å². The molecule has 2 aliphatic heterocycles. The van der Waals surface area contributed by atoms with Crippen LogP contribution in [0.15, 0.2) is 30.3 Å². The Balaban J connectivity index is 1.62. The fourth-order valence-electron chi connectivity index (χ4n) is 3.30. The van der Waals surface area contributed by atoms with Gasteiger partial charge in [0.15, 0.2) is 0 Å². The Morgan fingerprint density at radius 3 is 2.78 bits per heavy atom. The van der Waals surface area contributed by atoms with E-state index >= 15 is 0 Å². The highest BCUT2D eigenvalue weighted by Crippen LogP contribution is 2.21. The van der Waals surface area contributed by atoms with Crippen LogP contribution in [0.25, 0.3) is 0 Å². The molecule has 0 spiro atoms. The zero-order chi connectivity index (χ0) is 12.4. The predicted octanol–water partition coefficient (Wildman–Crippen LogP) is 1.29. The summed E-state index contributed by atoms with van der Waals surface area (Å²) in [5, 5.41) is 0. The number of hydrogen-bond donors (Lipinski definition) is 1. The predicted molar refractivity (Wildman–Crippen MR) is 74.3 cm³/mol. The first-order chi connectivity index (χ1) is 8.83. The fourth-order valence-corrected chi connectivity index (χ4v) is 3.30. The Morgan fingerprint density at radius 1 is 1.11 bits per heavy atom. The summed E-state index contributed by atoms with van der Waals surface area (Å²) in [6.45, 7) is 5.81. The molecule has 2 fully saturated rings. The van der Waals surface area contributed by atoms with E-state index in [9.17, 15) is 0 Å². The van der Waals surface area contributed by atoms with Crippen molar-refractivity contribution in [3.8, 4) is 0 Å². The van der Waals surface area contributed by atoms with Crippen LogP contribution in [0.5, 0.6) is 0 Å². The number of hydrogen-bond acceptors (Lipinski definition) is 3. The van der Waals surface area contributed by atoms with E-state index in [1.54, 1.807) is 0 Å². The van der Waals surface area contributed by atoms with Gasteiger partial charge in [0, 0.05) is 38.3 Å². The SMILES string of the molecule is NC1CCCN2CCN(Cc3ccccc3)CC12. The van der Waals surface area contributed by atoms with Crippen LogP contribution in [0.1, 0.15) is 18.4 Å². The van der Waals surface area contributed by atoms with E-state index in [-0.39, 0.29) is 0 Å². The molecule has 3 rings (SSSR count). The zero-order valence-corrected chi connectivity index (χ0v) is 11.0. The Kier molecular flexibility index (Phi) is 3.64. The molecule has 0 aliphatic carbocycles. The van der Waals surface area contributed by atoms with Crippen molar-refractivity contribution in [1.82, 2.24) is 9.80 Å². The molecular weight excluding hydrogens is 222 g/mol. The molecule has 18 heavy (non-hydrogen) atoms. The first kappa shape index (κ1) is 12.2. The molecular formula is C15H23N3. The van der Waals surface area contributed by atoms with Crippen LogP contribution in [0.2, 0.25) is 0 Å². The van der Waals surface area contributed by atoms with Gasteiger partial charge in [0.1, 0.15) is 0 Å². The van der Waals surface area contributed by atoms with Gasteiger partial charge >= 0.3 is 0 Å². The number of rotatable bonds is 2. The average molecular weight is 245 g/mol. The van der Waals surface area contributed by atoms with Gasteiger partial charge in [-0.25, -0.2) is 0 Å². The van der Waals surface area contributed by atoms with E-state index in [1.165, 1.54) is 38.0 Å². The quantitative estimate of drug-likeness (QED) is 0.852. The molecule has 3 nitrogen and oxygen atoms in total. The van der Waals surface area contributed by atoms with Gasteiger partial charge in [-0.3, -0.25) is 9.80 Å². The highest BCUT2D eigenvalue weighted by Gasteiger charge is 2.33. The maximum Gasteiger partial charge on any atom is 0.0375 e. The molecule has 2 unspecified atom stereocenters. The first-order valence-electron chi connectivity index (χ1n) is 7.09. The highest BCUT2D eigenvalue weighted by molar-refractivity contribution is 5.14. The number of piperazine rings is 1. The molecule has 0 aromatic heterocycles. The minimum absolute atomic E-state index is 0.373. The fraction of sp³-hybridized carbons (Fsp3) is 0.600. The minimum Gasteiger partial charge on any atom is -0.326 e. The van der Waals surface area contributed by atoms with Gasteiger partial charge in [0.25, 0.3) is 0 Å². The van der Waals surface area contributed by atoms with Crippen LogP contribution in [0.4, 0.5) is 0 Å². The van der Waals surface area contributed by atoms with Crippen LogP contribution in [0, 0.1) is 0 Å². The Hall–Kier alpha value is -0.900. The van der Waals surface area contributed by atoms with E-state index in [0.29, 0.717) is 12.1 Å². The number of fused-ring (bicyclic) bond motifs is 1. The zero-order valence-electron chi connectivity index (χ0n) is 11.0. The maximum absolute atomic E-state index is 6.28. The number of nitrogens with zero attached hydrogens (tertiary/aromatic N) is 2. The van der Waals surface area contributed by atoms with Gasteiger partial charge in [-0.1, -0.05) is 30.3 Å². The van der Waals surface area contributed by atoms with Crippen molar-refractivity contribution in [3.05, 3.63) is 35.9 Å². The monoisotopic (exact) mass is 245 g/mol. The summed E-state index contributed by atoms with van der Waals surface area (Å²) in [5.74, 6) is 0. The van der Waals surface area contributed by atoms with Gasteiger partial charge in [0.2, 0.25) is 0 Å². The van der Waals surface area contributed by atoms with Crippen molar-refractivity contribution in [1.29, 1.82) is 0 Å². The van der Waals surface area contributed by atoms with E-state index < -0.39 is 0 Å². The Labute approximate surface area is 110 Å². The summed E-state index contributed by atoms with van der Waals surface area (Å²) < 4.78 is 0. The third-order valence-electron chi connectivity index (χ3n) is 4.34. The third kappa shape index (κ3) is 2.58. The van der Waals surface area contributed by atoms with E-state index in [1.807, 2.05) is 0 Å². The number of piperidine rings is 1.